The fraction of sp³-hybridized carbons (Fsp3) is 0.500. The van der Waals surface area contributed by atoms with Crippen LogP contribution in [0.15, 0.2) is 30.5 Å². The van der Waals surface area contributed by atoms with Gasteiger partial charge in [0.15, 0.2) is 0 Å². The highest BCUT2D eigenvalue weighted by atomic mass is 16.5. The van der Waals surface area contributed by atoms with Crippen molar-refractivity contribution in [2.24, 2.45) is 0 Å². The molecule has 0 radical (unpaired) electrons. The summed E-state index contributed by atoms with van der Waals surface area (Å²) in [6.45, 7) is 5.03. The van der Waals surface area contributed by atoms with Crippen LogP contribution < -0.4 is 5.32 Å². The lowest BCUT2D eigenvalue weighted by atomic mass is 10.1. The highest BCUT2D eigenvalue weighted by Crippen LogP contribution is 2.14. The topological polar surface area (TPSA) is 93.5 Å². The number of aryl methyl sites for hydroxylation is 1. The number of amides is 1. The number of aromatic nitrogens is 2. The predicted octanol–water partition coefficient (Wildman–Crippen LogP) is 3.36. The van der Waals surface area contributed by atoms with Crippen LogP contribution in [0.4, 0.5) is 5.69 Å². The van der Waals surface area contributed by atoms with Crippen LogP contribution in [0, 0.1) is 0 Å². The maximum Gasteiger partial charge on any atom is 0.313 e. The highest BCUT2D eigenvalue weighted by Gasteiger charge is 2.17. The fourth-order valence-corrected chi connectivity index (χ4v) is 3.03. The molecule has 0 saturated heterocycles. The molecule has 0 atom stereocenters. The van der Waals surface area contributed by atoms with E-state index in [9.17, 15) is 9.59 Å². The monoisotopic (exact) mass is 401 g/mol. The van der Waals surface area contributed by atoms with E-state index in [4.69, 9.17) is 9.84 Å². The molecule has 0 aliphatic carbocycles. The number of hydrogen-bond donors (Lipinski definition) is 2. The fourth-order valence-electron chi connectivity index (χ4n) is 3.03. The predicted molar refractivity (Wildman–Crippen MR) is 112 cm³/mol. The van der Waals surface area contributed by atoms with E-state index in [1.807, 2.05) is 16.7 Å². The average Bonchev–Trinajstić information content (AvgIpc) is 3.10. The third kappa shape index (κ3) is 7.34. The molecule has 0 aliphatic heterocycles. The summed E-state index contributed by atoms with van der Waals surface area (Å²) in [5.74, 6) is -0.125. The largest absolute Gasteiger partial charge is 0.466 e. The summed E-state index contributed by atoms with van der Waals surface area (Å²) in [5.41, 5.74) is 1.93. The molecule has 29 heavy (non-hydrogen) atoms. The van der Waals surface area contributed by atoms with Crippen LogP contribution in [-0.4, -0.2) is 39.7 Å². The maximum absolute atomic E-state index is 12.6. The molecular weight excluding hydrogens is 370 g/mol. The number of aliphatic hydroxyl groups excluding tert-OH is 1. The molecule has 0 aliphatic rings. The second kappa shape index (κ2) is 12.0. The quantitative estimate of drug-likeness (QED) is 0.420. The molecule has 1 heterocycles. The van der Waals surface area contributed by atoms with Gasteiger partial charge in [-0.2, -0.15) is 0 Å². The van der Waals surface area contributed by atoms with Gasteiger partial charge in [-0.3, -0.25) is 9.59 Å². The molecule has 2 N–H and O–H groups in total. The Labute approximate surface area is 172 Å². The Balaban J connectivity index is 2.09. The second-order valence-corrected chi connectivity index (χ2v) is 6.90. The van der Waals surface area contributed by atoms with E-state index in [-0.39, 0.29) is 30.6 Å². The van der Waals surface area contributed by atoms with Gasteiger partial charge in [-0.05, 0) is 37.5 Å². The van der Waals surface area contributed by atoms with Crippen LogP contribution in [0.2, 0.25) is 0 Å². The first-order valence-corrected chi connectivity index (χ1v) is 10.3. The van der Waals surface area contributed by atoms with Gasteiger partial charge in [-0.15, -0.1) is 0 Å². The minimum Gasteiger partial charge on any atom is -0.466 e. The molecule has 0 fully saturated rings. The van der Waals surface area contributed by atoms with E-state index < -0.39 is 0 Å². The number of unbranched alkanes of at least 4 members (excludes halogenated alkanes) is 3. The summed E-state index contributed by atoms with van der Waals surface area (Å²) >= 11 is 0. The first kappa shape index (κ1) is 22.6. The van der Waals surface area contributed by atoms with Crippen molar-refractivity contribution in [2.45, 2.75) is 58.9 Å². The van der Waals surface area contributed by atoms with Gasteiger partial charge in [-0.25, -0.2) is 4.98 Å². The second-order valence-electron chi connectivity index (χ2n) is 6.90. The van der Waals surface area contributed by atoms with Crippen LogP contribution >= 0.6 is 0 Å². The molecule has 158 valence electrons. The molecule has 7 heteroatoms. The van der Waals surface area contributed by atoms with Gasteiger partial charge in [0.05, 0.1) is 6.61 Å². The first-order valence-electron chi connectivity index (χ1n) is 10.3. The van der Waals surface area contributed by atoms with Crippen molar-refractivity contribution in [3.63, 3.8) is 0 Å². The number of nitrogens with zero attached hydrogens (tertiary/aromatic N) is 2. The summed E-state index contributed by atoms with van der Waals surface area (Å²) in [4.78, 5) is 28.9. The third-order valence-electron chi connectivity index (χ3n) is 4.56. The van der Waals surface area contributed by atoms with Crippen molar-refractivity contribution in [2.75, 3.05) is 18.5 Å². The van der Waals surface area contributed by atoms with Gasteiger partial charge in [-0.1, -0.05) is 38.3 Å². The normalized spacial score (nSPS) is 10.7. The summed E-state index contributed by atoms with van der Waals surface area (Å²) in [6.07, 6.45) is 6.68. The number of nitrogens with one attached hydrogen (secondary N) is 1. The van der Waals surface area contributed by atoms with Gasteiger partial charge in [0.2, 0.25) is 0 Å². The molecular formula is C22H31N3O4. The standard InChI is InChI=1S/C22H31N3O4/c1-3-5-6-7-13-25-16-19(24-20(25)15-21(27)29-4-2)22(28)23-18-10-8-17(9-11-18)12-14-26/h8-11,16,26H,3-7,12-15H2,1-2H3,(H,23,28). The minimum atomic E-state index is -0.348. The average molecular weight is 402 g/mol. The lowest BCUT2D eigenvalue weighted by Gasteiger charge is -2.07. The number of aliphatic hydroxyl groups is 1. The van der Waals surface area contributed by atoms with E-state index in [1.54, 1.807) is 25.3 Å². The number of benzene rings is 1. The Hall–Kier alpha value is -2.67. The smallest absolute Gasteiger partial charge is 0.313 e. The Morgan fingerprint density at radius 1 is 1.14 bits per heavy atom. The lowest BCUT2D eigenvalue weighted by Crippen LogP contribution is -2.13. The number of carbonyl (C=O) groups is 2. The Kier molecular flexibility index (Phi) is 9.37. The summed E-state index contributed by atoms with van der Waals surface area (Å²) in [6, 6.07) is 7.32. The van der Waals surface area contributed by atoms with E-state index in [1.165, 1.54) is 0 Å². The van der Waals surface area contributed by atoms with E-state index in [2.05, 4.69) is 17.2 Å². The molecule has 7 nitrogen and oxygen atoms in total. The number of esters is 1. The van der Waals surface area contributed by atoms with Gasteiger partial charge in [0, 0.05) is 25.0 Å². The number of anilines is 1. The molecule has 1 amide bonds. The van der Waals surface area contributed by atoms with Crippen LogP contribution in [-0.2, 0) is 28.9 Å². The third-order valence-corrected chi connectivity index (χ3v) is 4.56. The van der Waals surface area contributed by atoms with Crippen molar-refractivity contribution in [1.29, 1.82) is 0 Å². The van der Waals surface area contributed by atoms with E-state index in [0.717, 1.165) is 31.2 Å². The zero-order valence-electron chi connectivity index (χ0n) is 17.3. The summed E-state index contributed by atoms with van der Waals surface area (Å²) < 4.78 is 6.91. The van der Waals surface area contributed by atoms with E-state index in [0.29, 0.717) is 31.1 Å². The van der Waals surface area contributed by atoms with Gasteiger partial charge in [0.25, 0.3) is 5.91 Å². The Morgan fingerprint density at radius 3 is 2.55 bits per heavy atom. The van der Waals surface area contributed by atoms with Gasteiger partial charge < -0.3 is 19.7 Å². The van der Waals surface area contributed by atoms with Gasteiger partial charge >= 0.3 is 5.97 Å². The molecule has 0 bridgehead atoms. The SMILES string of the molecule is CCCCCCn1cc(C(=O)Nc2ccc(CCO)cc2)nc1CC(=O)OCC. The maximum atomic E-state index is 12.6. The number of imidazole rings is 1. The molecule has 0 saturated carbocycles. The summed E-state index contributed by atoms with van der Waals surface area (Å²) in [7, 11) is 0. The van der Waals surface area contributed by atoms with Crippen molar-refractivity contribution in [3.8, 4) is 0 Å². The zero-order valence-corrected chi connectivity index (χ0v) is 17.3. The van der Waals surface area contributed by atoms with Crippen molar-refractivity contribution < 1.29 is 19.4 Å². The molecule has 0 unspecified atom stereocenters. The van der Waals surface area contributed by atoms with Gasteiger partial charge in [0.1, 0.15) is 17.9 Å². The van der Waals surface area contributed by atoms with Crippen molar-refractivity contribution in [1.82, 2.24) is 9.55 Å². The Bertz CT molecular complexity index is 784. The molecule has 0 spiro atoms. The summed E-state index contributed by atoms with van der Waals surface area (Å²) in [5, 5.41) is 11.8. The van der Waals surface area contributed by atoms with Crippen molar-refractivity contribution in [3.05, 3.63) is 47.5 Å². The minimum absolute atomic E-state index is 0.0464. The molecule has 2 rings (SSSR count). The van der Waals surface area contributed by atoms with Crippen LogP contribution in [0.1, 0.15) is 61.4 Å². The van der Waals surface area contributed by atoms with Crippen LogP contribution in [0.5, 0.6) is 0 Å². The number of carbonyl (C=O) groups excluding carboxylic acids is 2. The zero-order chi connectivity index (χ0) is 21.1. The number of rotatable bonds is 12. The highest BCUT2D eigenvalue weighted by molar-refractivity contribution is 6.02. The molecule has 1 aromatic carbocycles. The van der Waals surface area contributed by atoms with Crippen molar-refractivity contribution >= 4 is 17.6 Å². The Morgan fingerprint density at radius 2 is 1.90 bits per heavy atom. The molecule has 1 aromatic heterocycles. The van der Waals surface area contributed by atoms with E-state index >= 15 is 0 Å². The van der Waals surface area contributed by atoms with Crippen LogP contribution in [0.3, 0.4) is 0 Å². The number of ether oxygens (including phenoxy) is 1. The molecule has 2 aromatic rings. The van der Waals surface area contributed by atoms with Crippen LogP contribution in [0.25, 0.3) is 0 Å². The lowest BCUT2D eigenvalue weighted by molar-refractivity contribution is -0.142. The first-order chi connectivity index (χ1) is 14.1. The number of hydrogen-bond acceptors (Lipinski definition) is 5.